The molecular weight excluding hydrogens is 423 g/mol. The van der Waals surface area contributed by atoms with Crippen LogP contribution in [0.25, 0.3) is 0 Å². The summed E-state index contributed by atoms with van der Waals surface area (Å²) in [4.78, 5) is 14.2. The van der Waals surface area contributed by atoms with Crippen LogP contribution in [0.3, 0.4) is 0 Å². The van der Waals surface area contributed by atoms with E-state index in [-0.39, 0.29) is 42.0 Å². The van der Waals surface area contributed by atoms with Gasteiger partial charge in [0, 0.05) is 6.54 Å². The second-order valence-corrected chi connectivity index (χ2v) is 9.37. The monoisotopic (exact) mass is 448 g/mol. The summed E-state index contributed by atoms with van der Waals surface area (Å²) < 4.78 is 53.0. The van der Waals surface area contributed by atoms with Crippen molar-refractivity contribution in [3.63, 3.8) is 0 Å². The van der Waals surface area contributed by atoms with Crippen molar-refractivity contribution < 1.29 is 27.1 Å². The predicted octanol–water partition coefficient (Wildman–Crippen LogP) is 3.96. The van der Waals surface area contributed by atoms with Crippen molar-refractivity contribution >= 4 is 27.3 Å². The van der Waals surface area contributed by atoms with Crippen LogP contribution in [0.2, 0.25) is 0 Å². The number of carbonyl (C=O) groups is 1. The molecular formula is C22H25FN2O5S. The third-order valence-corrected chi connectivity index (χ3v) is 6.12. The molecule has 0 atom stereocenters. The molecule has 1 aliphatic heterocycles. The van der Waals surface area contributed by atoms with Crippen LogP contribution in [0.5, 0.6) is 11.5 Å². The number of anilines is 2. The van der Waals surface area contributed by atoms with E-state index in [1.807, 2.05) is 0 Å². The van der Waals surface area contributed by atoms with Crippen molar-refractivity contribution in [3.05, 3.63) is 54.9 Å². The standard InChI is InChI=1S/C22H25FN2O5S/c1-5-11-25-18-12-15(7-9-20(18)30-14-22(3,4)21(25)26)24-31(27,28)16-8-10-19(29-6-2)17(23)13-16/h5,7-10,12-13,24H,1,6,11,14H2,2-4H3. The molecule has 7 nitrogen and oxygen atoms in total. The topological polar surface area (TPSA) is 84.9 Å². The van der Waals surface area contributed by atoms with E-state index in [1.165, 1.54) is 29.2 Å². The highest BCUT2D eigenvalue weighted by Gasteiger charge is 2.37. The van der Waals surface area contributed by atoms with Crippen LogP contribution >= 0.6 is 0 Å². The molecule has 2 aromatic carbocycles. The average molecular weight is 449 g/mol. The maximum Gasteiger partial charge on any atom is 0.262 e. The molecule has 31 heavy (non-hydrogen) atoms. The lowest BCUT2D eigenvalue weighted by Crippen LogP contribution is -2.42. The molecule has 1 aliphatic rings. The van der Waals surface area contributed by atoms with Crippen molar-refractivity contribution in [1.29, 1.82) is 0 Å². The van der Waals surface area contributed by atoms with Crippen LogP contribution in [-0.2, 0) is 14.8 Å². The summed E-state index contributed by atoms with van der Waals surface area (Å²) in [6, 6.07) is 8.06. The maximum atomic E-state index is 14.1. The Morgan fingerprint density at radius 3 is 2.68 bits per heavy atom. The third-order valence-electron chi connectivity index (χ3n) is 4.74. The molecule has 1 amide bonds. The minimum Gasteiger partial charge on any atom is -0.491 e. The van der Waals surface area contributed by atoms with Crippen molar-refractivity contribution in [2.75, 3.05) is 29.4 Å². The van der Waals surface area contributed by atoms with Gasteiger partial charge in [0.1, 0.15) is 12.4 Å². The van der Waals surface area contributed by atoms with Crippen molar-refractivity contribution in [2.45, 2.75) is 25.7 Å². The lowest BCUT2D eigenvalue weighted by molar-refractivity contribution is -0.127. The van der Waals surface area contributed by atoms with E-state index in [9.17, 15) is 17.6 Å². The highest BCUT2D eigenvalue weighted by atomic mass is 32.2. The molecule has 0 aliphatic carbocycles. The fourth-order valence-corrected chi connectivity index (χ4v) is 4.22. The fraction of sp³-hybridized carbons (Fsp3) is 0.318. The number of sulfonamides is 1. The minimum atomic E-state index is -4.08. The number of fused-ring (bicyclic) bond motifs is 1. The van der Waals surface area contributed by atoms with Crippen LogP contribution in [0.15, 0.2) is 53.9 Å². The molecule has 1 heterocycles. The van der Waals surface area contributed by atoms with Gasteiger partial charge in [0.05, 0.1) is 28.3 Å². The van der Waals surface area contributed by atoms with E-state index in [1.54, 1.807) is 32.9 Å². The second kappa shape index (κ2) is 8.58. The first-order valence-corrected chi connectivity index (χ1v) is 11.2. The van der Waals surface area contributed by atoms with Gasteiger partial charge in [-0.05, 0) is 57.2 Å². The van der Waals surface area contributed by atoms with Crippen LogP contribution in [-0.4, -0.2) is 34.1 Å². The first kappa shape index (κ1) is 22.6. The van der Waals surface area contributed by atoms with Crippen LogP contribution in [0.4, 0.5) is 15.8 Å². The number of rotatable bonds is 7. The number of hydrogen-bond donors (Lipinski definition) is 1. The number of hydrogen-bond acceptors (Lipinski definition) is 5. The Balaban J connectivity index is 1.95. The molecule has 0 saturated heterocycles. The van der Waals surface area contributed by atoms with Gasteiger partial charge in [0.2, 0.25) is 5.91 Å². The zero-order valence-electron chi connectivity index (χ0n) is 17.6. The minimum absolute atomic E-state index is 0.0233. The molecule has 2 aromatic rings. The van der Waals surface area contributed by atoms with E-state index in [0.29, 0.717) is 11.4 Å². The molecule has 0 fully saturated rings. The van der Waals surface area contributed by atoms with Crippen molar-refractivity contribution in [2.24, 2.45) is 5.41 Å². The number of nitrogens with zero attached hydrogens (tertiary/aromatic N) is 1. The molecule has 0 bridgehead atoms. The first-order chi connectivity index (χ1) is 14.6. The Labute approximate surface area is 181 Å². The maximum absolute atomic E-state index is 14.1. The van der Waals surface area contributed by atoms with E-state index in [4.69, 9.17) is 9.47 Å². The third kappa shape index (κ3) is 4.66. The number of benzene rings is 2. The van der Waals surface area contributed by atoms with Gasteiger partial charge in [-0.1, -0.05) is 6.08 Å². The molecule has 0 spiro atoms. The Bertz CT molecular complexity index is 1110. The Kier molecular flexibility index (Phi) is 6.26. The summed E-state index contributed by atoms with van der Waals surface area (Å²) in [7, 11) is -4.08. The number of nitrogens with one attached hydrogen (secondary N) is 1. The Morgan fingerprint density at radius 1 is 1.29 bits per heavy atom. The van der Waals surface area contributed by atoms with Crippen LogP contribution in [0, 0.1) is 11.2 Å². The summed E-state index contributed by atoms with van der Waals surface area (Å²) in [6.45, 7) is 9.64. The molecule has 0 unspecified atom stereocenters. The van der Waals surface area contributed by atoms with Gasteiger partial charge in [0.25, 0.3) is 10.0 Å². The molecule has 0 aromatic heterocycles. The van der Waals surface area contributed by atoms with Crippen LogP contribution < -0.4 is 19.1 Å². The smallest absolute Gasteiger partial charge is 0.262 e. The Hall–Kier alpha value is -3.07. The summed E-state index contributed by atoms with van der Waals surface area (Å²) >= 11 is 0. The van der Waals surface area contributed by atoms with E-state index < -0.39 is 21.3 Å². The predicted molar refractivity (Wildman–Crippen MR) is 117 cm³/mol. The summed E-state index contributed by atoms with van der Waals surface area (Å²) in [6.07, 6.45) is 1.59. The molecule has 0 saturated carbocycles. The highest BCUT2D eigenvalue weighted by molar-refractivity contribution is 7.92. The number of amides is 1. The van der Waals surface area contributed by atoms with E-state index in [2.05, 4.69) is 11.3 Å². The lowest BCUT2D eigenvalue weighted by Gasteiger charge is -2.27. The molecule has 166 valence electrons. The lowest BCUT2D eigenvalue weighted by atomic mass is 9.93. The zero-order chi connectivity index (χ0) is 22.8. The van der Waals surface area contributed by atoms with Gasteiger partial charge in [-0.2, -0.15) is 0 Å². The SMILES string of the molecule is C=CCN1C(=O)C(C)(C)COc2ccc(NS(=O)(=O)c3ccc(OCC)c(F)c3)cc21. The van der Waals surface area contributed by atoms with Gasteiger partial charge < -0.3 is 14.4 Å². The summed E-state index contributed by atoms with van der Waals surface area (Å²) in [5, 5.41) is 0. The fourth-order valence-electron chi connectivity index (χ4n) is 3.15. The number of carbonyl (C=O) groups excluding carboxylic acids is 1. The number of ether oxygens (including phenoxy) is 2. The Morgan fingerprint density at radius 2 is 2.03 bits per heavy atom. The van der Waals surface area contributed by atoms with Crippen molar-refractivity contribution in [1.82, 2.24) is 0 Å². The average Bonchev–Trinajstić information content (AvgIpc) is 2.80. The van der Waals surface area contributed by atoms with Gasteiger partial charge >= 0.3 is 0 Å². The summed E-state index contributed by atoms with van der Waals surface area (Å²) in [5.41, 5.74) is -0.131. The largest absolute Gasteiger partial charge is 0.491 e. The molecule has 3 rings (SSSR count). The van der Waals surface area contributed by atoms with Crippen LogP contribution in [0.1, 0.15) is 20.8 Å². The van der Waals surface area contributed by atoms with Gasteiger partial charge in [-0.15, -0.1) is 6.58 Å². The summed E-state index contributed by atoms with van der Waals surface area (Å²) in [5.74, 6) is -0.509. The molecule has 0 radical (unpaired) electrons. The first-order valence-electron chi connectivity index (χ1n) is 9.74. The quantitative estimate of drug-likeness (QED) is 0.648. The van der Waals surface area contributed by atoms with Gasteiger partial charge in [-0.3, -0.25) is 9.52 Å². The normalized spacial score (nSPS) is 15.5. The zero-order valence-corrected chi connectivity index (χ0v) is 18.5. The van der Waals surface area contributed by atoms with Gasteiger partial charge in [0.15, 0.2) is 11.6 Å². The molecule has 1 N–H and O–H groups in total. The molecule has 9 heteroatoms. The van der Waals surface area contributed by atoms with E-state index in [0.717, 1.165) is 6.07 Å². The van der Waals surface area contributed by atoms with E-state index >= 15 is 0 Å². The number of halogens is 1. The second-order valence-electron chi connectivity index (χ2n) is 7.69. The highest BCUT2D eigenvalue weighted by Crippen LogP contribution is 2.38. The van der Waals surface area contributed by atoms with Gasteiger partial charge in [-0.25, -0.2) is 12.8 Å². The van der Waals surface area contributed by atoms with Crippen molar-refractivity contribution in [3.8, 4) is 11.5 Å².